The van der Waals surface area contributed by atoms with Gasteiger partial charge in [0.1, 0.15) is 11.5 Å². The van der Waals surface area contributed by atoms with Gasteiger partial charge < -0.3 is 30.2 Å². The highest BCUT2D eigenvalue weighted by molar-refractivity contribution is 5.84. The molecule has 0 radical (unpaired) electrons. The minimum Gasteiger partial charge on any atom is -0.508 e. The topological polar surface area (TPSA) is 117 Å². The van der Waals surface area contributed by atoms with Crippen LogP contribution < -0.4 is 15.4 Å². The lowest BCUT2D eigenvalue weighted by Crippen LogP contribution is -2.31. The smallest absolute Gasteiger partial charge is 0.227 e. The lowest BCUT2D eigenvalue weighted by Gasteiger charge is -2.20. The number of aromatic hydroxyl groups is 1. The van der Waals surface area contributed by atoms with Gasteiger partial charge in [0.25, 0.3) is 0 Å². The van der Waals surface area contributed by atoms with E-state index in [0.29, 0.717) is 40.8 Å². The number of aliphatic hydroxyl groups excluding tert-OH is 1. The summed E-state index contributed by atoms with van der Waals surface area (Å²) in [7, 11) is 1.58. The standard InChI is InChI=1S/C20H28N6O3/c1-5-15(12(3)27)23-20-24-18(17-19(25-20)26(6-2)11-22-17)21-10-13-9-14(29-4)7-8-16(13)28/h7-9,11-12,15,27-28H,5-6,10H2,1-4H3,(H2,21,23,24,25). The molecule has 2 atom stereocenters. The summed E-state index contributed by atoms with van der Waals surface area (Å²) in [6, 6.07) is 4.90. The minimum atomic E-state index is -0.541. The van der Waals surface area contributed by atoms with Crippen LogP contribution in [0.4, 0.5) is 11.8 Å². The predicted molar refractivity (Wildman–Crippen MR) is 112 cm³/mol. The Kier molecular flexibility index (Phi) is 6.38. The Bertz CT molecular complexity index is 972. The molecular weight excluding hydrogens is 372 g/mol. The van der Waals surface area contributed by atoms with E-state index in [1.165, 1.54) is 0 Å². The average molecular weight is 400 g/mol. The number of methoxy groups -OCH3 is 1. The summed E-state index contributed by atoms with van der Waals surface area (Å²) < 4.78 is 7.16. The van der Waals surface area contributed by atoms with Crippen LogP contribution in [0.1, 0.15) is 32.8 Å². The molecule has 0 fully saturated rings. The molecule has 0 spiro atoms. The molecule has 9 heteroatoms. The second kappa shape index (κ2) is 8.95. The summed E-state index contributed by atoms with van der Waals surface area (Å²) in [5, 5.41) is 26.6. The molecule has 1 aromatic carbocycles. The highest BCUT2D eigenvalue weighted by Gasteiger charge is 2.18. The van der Waals surface area contributed by atoms with Gasteiger partial charge in [0, 0.05) is 18.7 Å². The number of aryl methyl sites for hydroxylation is 1. The van der Waals surface area contributed by atoms with E-state index in [9.17, 15) is 10.2 Å². The van der Waals surface area contributed by atoms with Gasteiger partial charge in [0.2, 0.25) is 5.95 Å². The number of benzene rings is 1. The Balaban J connectivity index is 1.94. The van der Waals surface area contributed by atoms with Crippen LogP contribution in [-0.4, -0.2) is 49.0 Å². The zero-order valence-electron chi connectivity index (χ0n) is 17.2. The number of phenols is 1. The van der Waals surface area contributed by atoms with Crippen LogP contribution >= 0.6 is 0 Å². The molecule has 3 rings (SSSR count). The molecule has 9 nitrogen and oxygen atoms in total. The first kappa shape index (κ1) is 20.7. The monoisotopic (exact) mass is 400 g/mol. The molecule has 156 valence electrons. The van der Waals surface area contributed by atoms with Crippen LogP contribution in [0.2, 0.25) is 0 Å². The average Bonchev–Trinajstić information content (AvgIpc) is 3.14. The number of imidazole rings is 1. The Morgan fingerprint density at radius 1 is 1.24 bits per heavy atom. The maximum absolute atomic E-state index is 10.1. The fraction of sp³-hybridized carbons (Fsp3) is 0.450. The van der Waals surface area contributed by atoms with Crippen LogP contribution in [0.15, 0.2) is 24.5 Å². The molecule has 0 saturated carbocycles. The highest BCUT2D eigenvalue weighted by atomic mass is 16.5. The van der Waals surface area contributed by atoms with Gasteiger partial charge in [-0.3, -0.25) is 0 Å². The van der Waals surface area contributed by atoms with Crippen molar-refractivity contribution in [3.8, 4) is 11.5 Å². The van der Waals surface area contributed by atoms with Crippen molar-refractivity contribution in [2.75, 3.05) is 17.7 Å². The molecule has 0 aliphatic rings. The van der Waals surface area contributed by atoms with Gasteiger partial charge in [-0.1, -0.05) is 6.92 Å². The molecule has 3 aromatic rings. The SMILES string of the molecule is CCC(Nc1nc(NCc2cc(OC)ccc2O)c2ncn(CC)c2n1)C(C)O. The number of phenolic OH excluding ortho intramolecular Hbond substituents is 1. The zero-order valence-corrected chi connectivity index (χ0v) is 17.2. The molecule has 4 N–H and O–H groups in total. The zero-order chi connectivity index (χ0) is 21.0. The Labute approximate surface area is 169 Å². The van der Waals surface area contributed by atoms with E-state index >= 15 is 0 Å². The number of ether oxygens (including phenoxy) is 1. The van der Waals surface area contributed by atoms with Crippen LogP contribution in [0.3, 0.4) is 0 Å². The largest absolute Gasteiger partial charge is 0.508 e. The molecule has 0 bridgehead atoms. The molecule has 0 saturated heterocycles. The van der Waals surface area contributed by atoms with E-state index in [1.54, 1.807) is 38.6 Å². The van der Waals surface area contributed by atoms with Gasteiger partial charge >= 0.3 is 0 Å². The number of rotatable bonds is 9. The summed E-state index contributed by atoms with van der Waals surface area (Å²) in [5.41, 5.74) is 2.02. The van der Waals surface area contributed by atoms with Gasteiger partial charge in [-0.15, -0.1) is 0 Å². The van der Waals surface area contributed by atoms with Crippen LogP contribution in [-0.2, 0) is 13.1 Å². The third kappa shape index (κ3) is 4.51. The summed E-state index contributed by atoms with van der Waals surface area (Å²) in [4.78, 5) is 13.6. The van der Waals surface area contributed by atoms with Crippen molar-refractivity contribution in [3.05, 3.63) is 30.1 Å². The summed E-state index contributed by atoms with van der Waals surface area (Å²) in [6.45, 7) is 6.80. The van der Waals surface area contributed by atoms with Crippen molar-refractivity contribution < 1.29 is 14.9 Å². The van der Waals surface area contributed by atoms with E-state index in [2.05, 4.69) is 25.6 Å². The highest BCUT2D eigenvalue weighted by Crippen LogP contribution is 2.26. The Morgan fingerprint density at radius 3 is 2.69 bits per heavy atom. The molecule has 0 amide bonds. The lowest BCUT2D eigenvalue weighted by atomic mass is 10.1. The third-order valence-electron chi connectivity index (χ3n) is 4.87. The van der Waals surface area contributed by atoms with Crippen molar-refractivity contribution in [2.24, 2.45) is 0 Å². The number of nitrogens with zero attached hydrogens (tertiary/aromatic N) is 4. The number of anilines is 2. The summed E-state index contributed by atoms with van der Waals surface area (Å²) >= 11 is 0. The van der Waals surface area contributed by atoms with Gasteiger partial charge in [-0.2, -0.15) is 9.97 Å². The Morgan fingerprint density at radius 2 is 2.03 bits per heavy atom. The molecular formula is C20H28N6O3. The normalized spacial score (nSPS) is 13.3. The first-order valence-electron chi connectivity index (χ1n) is 9.74. The second-order valence-corrected chi connectivity index (χ2v) is 6.85. The number of hydrogen-bond acceptors (Lipinski definition) is 8. The predicted octanol–water partition coefficient (Wildman–Crippen LogP) is 2.74. The van der Waals surface area contributed by atoms with Crippen molar-refractivity contribution in [1.29, 1.82) is 0 Å². The number of nitrogens with one attached hydrogen (secondary N) is 2. The van der Waals surface area contributed by atoms with Crippen LogP contribution in [0.25, 0.3) is 11.2 Å². The molecule has 2 aromatic heterocycles. The van der Waals surface area contributed by atoms with Gasteiger partial charge in [0.05, 0.1) is 25.6 Å². The van der Waals surface area contributed by atoms with Crippen molar-refractivity contribution in [1.82, 2.24) is 19.5 Å². The van der Waals surface area contributed by atoms with E-state index in [1.807, 2.05) is 18.4 Å². The van der Waals surface area contributed by atoms with Gasteiger partial charge in [-0.25, -0.2) is 4.98 Å². The maximum Gasteiger partial charge on any atom is 0.227 e. The first-order valence-corrected chi connectivity index (χ1v) is 9.74. The quantitative estimate of drug-likeness (QED) is 0.433. The number of hydrogen-bond donors (Lipinski definition) is 4. The molecule has 2 unspecified atom stereocenters. The van der Waals surface area contributed by atoms with E-state index in [0.717, 1.165) is 13.0 Å². The number of aliphatic hydroxyl groups is 1. The van der Waals surface area contributed by atoms with Crippen molar-refractivity contribution in [3.63, 3.8) is 0 Å². The minimum absolute atomic E-state index is 0.166. The van der Waals surface area contributed by atoms with Crippen molar-refractivity contribution in [2.45, 2.75) is 52.4 Å². The molecule has 0 aliphatic heterocycles. The Hall–Kier alpha value is -3.07. The molecule has 29 heavy (non-hydrogen) atoms. The lowest BCUT2D eigenvalue weighted by molar-refractivity contribution is 0.169. The van der Waals surface area contributed by atoms with E-state index in [4.69, 9.17) is 4.74 Å². The van der Waals surface area contributed by atoms with E-state index in [-0.39, 0.29) is 11.8 Å². The first-order chi connectivity index (χ1) is 14.0. The summed E-state index contributed by atoms with van der Waals surface area (Å²) in [5.74, 6) is 1.79. The van der Waals surface area contributed by atoms with Crippen LogP contribution in [0, 0.1) is 0 Å². The molecule has 2 heterocycles. The van der Waals surface area contributed by atoms with Gasteiger partial charge in [0.15, 0.2) is 17.0 Å². The summed E-state index contributed by atoms with van der Waals surface area (Å²) in [6.07, 6.45) is 1.91. The molecule has 0 aliphatic carbocycles. The second-order valence-electron chi connectivity index (χ2n) is 6.85. The fourth-order valence-electron chi connectivity index (χ4n) is 3.10. The fourth-order valence-corrected chi connectivity index (χ4v) is 3.10. The van der Waals surface area contributed by atoms with Crippen LogP contribution in [0.5, 0.6) is 11.5 Å². The van der Waals surface area contributed by atoms with Crippen molar-refractivity contribution >= 4 is 22.9 Å². The number of aromatic nitrogens is 4. The van der Waals surface area contributed by atoms with E-state index < -0.39 is 6.10 Å². The number of fused-ring (bicyclic) bond motifs is 1. The third-order valence-corrected chi connectivity index (χ3v) is 4.87. The maximum atomic E-state index is 10.1. The van der Waals surface area contributed by atoms with Gasteiger partial charge in [-0.05, 0) is 38.5 Å².